The van der Waals surface area contributed by atoms with Crippen molar-refractivity contribution in [1.82, 2.24) is 10.3 Å². The summed E-state index contributed by atoms with van der Waals surface area (Å²) in [5.41, 5.74) is 6.86. The zero-order valence-corrected chi connectivity index (χ0v) is 15.7. The van der Waals surface area contributed by atoms with Crippen LogP contribution in [0.4, 0.5) is 5.82 Å². The topological polar surface area (TPSA) is 75.8 Å². The van der Waals surface area contributed by atoms with Crippen molar-refractivity contribution in [2.24, 2.45) is 16.6 Å². The minimum absolute atomic E-state index is 0. The van der Waals surface area contributed by atoms with Gasteiger partial charge in [-0.25, -0.2) is 9.98 Å². The van der Waals surface area contributed by atoms with Crippen molar-refractivity contribution in [3.63, 3.8) is 0 Å². The lowest BCUT2D eigenvalue weighted by Crippen LogP contribution is -2.37. The predicted octanol–water partition coefficient (Wildman–Crippen LogP) is 1.74. The summed E-state index contributed by atoms with van der Waals surface area (Å²) in [6, 6.07) is 6.06. The Balaban J connectivity index is 0.00000192. The van der Waals surface area contributed by atoms with E-state index in [9.17, 15) is 0 Å². The Morgan fingerprint density at radius 1 is 1.35 bits per heavy atom. The molecule has 1 saturated heterocycles. The van der Waals surface area contributed by atoms with Gasteiger partial charge in [0.2, 0.25) is 0 Å². The molecule has 1 saturated carbocycles. The van der Waals surface area contributed by atoms with Crippen LogP contribution >= 0.6 is 24.0 Å². The van der Waals surface area contributed by atoms with Crippen molar-refractivity contribution in [3.8, 4) is 0 Å². The Kier molecular flexibility index (Phi) is 7.35. The second-order valence-electron chi connectivity index (χ2n) is 5.97. The Hall–Kier alpha value is -1.09. The van der Waals surface area contributed by atoms with Gasteiger partial charge in [0.1, 0.15) is 5.82 Å². The Morgan fingerprint density at radius 3 is 2.83 bits per heavy atom. The van der Waals surface area contributed by atoms with Crippen molar-refractivity contribution < 1.29 is 4.74 Å². The minimum Gasteiger partial charge on any atom is -0.378 e. The van der Waals surface area contributed by atoms with Gasteiger partial charge in [0.05, 0.1) is 25.5 Å². The number of guanidine groups is 1. The lowest BCUT2D eigenvalue weighted by Gasteiger charge is -2.28. The number of nitrogens with zero attached hydrogens (tertiary/aromatic N) is 3. The molecule has 2 heterocycles. The molecule has 0 aromatic carbocycles. The van der Waals surface area contributed by atoms with Crippen LogP contribution in [0.5, 0.6) is 0 Å². The van der Waals surface area contributed by atoms with Gasteiger partial charge in [-0.3, -0.25) is 0 Å². The lowest BCUT2D eigenvalue weighted by molar-refractivity contribution is 0.122. The van der Waals surface area contributed by atoms with Gasteiger partial charge in [-0.2, -0.15) is 0 Å². The standard InChI is InChI=1S/C16H25N5O.HI/c17-16(18-11-13-3-1-4-13)19-12-14-5-2-6-15(20-14)21-7-9-22-10-8-21;/h2,5-6,13H,1,3-4,7-12H2,(H3,17,18,19);1H. The molecule has 2 fully saturated rings. The molecule has 128 valence electrons. The minimum atomic E-state index is 0. The molecule has 0 radical (unpaired) electrons. The summed E-state index contributed by atoms with van der Waals surface area (Å²) in [6.07, 6.45) is 3.97. The van der Waals surface area contributed by atoms with Gasteiger partial charge < -0.3 is 20.7 Å². The van der Waals surface area contributed by atoms with Crippen LogP contribution < -0.4 is 16.0 Å². The molecule has 0 bridgehead atoms. The van der Waals surface area contributed by atoms with Crippen LogP contribution in [0, 0.1) is 5.92 Å². The van der Waals surface area contributed by atoms with Crippen LogP contribution in [0.25, 0.3) is 0 Å². The van der Waals surface area contributed by atoms with E-state index in [1.165, 1.54) is 19.3 Å². The quantitative estimate of drug-likeness (QED) is 0.422. The van der Waals surface area contributed by atoms with Gasteiger partial charge >= 0.3 is 0 Å². The van der Waals surface area contributed by atoms with E-state index >= 15 is 0 Å². The molecular formula is C16H26IN5O. The number of nitrogens with one attached hydrogen (secondary N) is 1. The highest BCUT2D eigenvalue weighted by Crippen LogP contribution is 2.25. The van der Waals surface area contributed by atoms with Gasteiger partial charge in [0.15, 0.2) is 5.96 Å². The number of hydrogen-bond acceptors (Lipinski definition) is 4. The van der Waals surface area contributed by atoms with E-state index < -0.39 is 0 Å². The zero-order chi connectivity index (χ0) is 15.2. The number of aromatic nitrogens is 1. The highest BCUT2D eigenvalue weighted by atomic mass is 127. The molecule has 1 aromatic rings. The van der Waals surface area contributed by atoms with Crippen molar-refractivity contribution in [2.45, 2.75) is 25.8 Å². The Morgan fingerprint density at radius 2 is 2.13 bits per heavy atom. The van der Waals surface area contributed by atoms with E-state index in [0.29, 0.717) is 12.5 Å². The normalized spacial score (nSPS) is 19.0. The van der Waals surface area contributed by atoms with E-state index in [2.05, 4.69) is 20.2 Å². The average Bonchev–Trinajstić information content (AvgIpc) is 2.53. The third-order valence-electron chi connectivity index (χ3n) is 4.34. The fraction of sp³-hybridized carbons (Fsp3) is 0.625. The van der Waals surface area contributed by atoms with E-state index in [-0.39, 0.29) is 24.0 Å². The predicted molar refractivity (Wildman–Crippen MR) is 103 cm³/mol. The number of nitrogens with two attached hydrogens (primary N) is 1. The molecule has 3 N–H and O–H groups in total. The molecule has 1 aliphatic heterocycles. The second kappa shape index (κ2) is 9.27. The molecule has 0 atom stereocenters. The fourth-order valence-electron chi connectivity index (χ4n) is 2.69. The molecular weight excluding hydrogens is 405 g/mol. The van der Waals surface area contributed by atoms with Crippen molar-refractivity contribution in [1.29, 1.82) is 0 Å². The van der Waals surface area contributed by atoms with Gasteiger partial charge in [-0.05, 0) is 30.9 Å². The Labute approximate surface area is 154 Å². The molecule has 0 spiro atoms. The SMILES string of the molecule is I.NC(=NCc1cccc(N2CCOCC2)n1)NCC1CCC1. The third kappa shape index (κ3) is 5.49. The van der Waals surface area contributed by atoms with Crippen molar-refractivity contribution >= 4 is 35.8 Å². The summed E-state index contributed by atoms with van der Waals surface area (Å²) in [7, 11) is 0. The molecule has 2 aliphatic rings. The molecule has 6 nitrogen and oxygen atoms in total. The number of aliphatic imine (C=N–C) groups is 1. The maximum Gasteiger partial charge on any atom is 0.188 e. The molecule has 23 heavy (non-hydrogen) atoms. The van der Waals surface area contributed by atoms with Gasteiger partial charge in [-0.1, -0.05) is 12.5 Å². The first-order chi connectivity index (χ1) is 10.8. The van der Waals surface area contributed by atoms with E-state index in [1.807, 2.05) is 18.2 Å². The van der Waals surface area contributed by atoms with Crippen LogP contribution in [0.2, 0.25) is 0 Å². The van der Waals surface area contributed by atoms with Gasteiger partial charge in [-0.15, -0.1) is 24.0 Å². The van der Waals surface area contributed by atoms with Crippen LogP contribution in [0.3, 0.4) is 0 Å². The largest absolute Gasteiger partial charge is 0.378 e. The fourth-order valence-corrected chi connectivity index (χ4v) is 2.69. The summed E-state index contributed by atoms with van der Waals surface area (Å²) < 4.78 is 5.37. The summed E-state index contributed by atoms with van der Waals surface area (Å²) in [4.78, 5) is 11.3. The summed E-state index contributed by atoms with van der Waals surface area (Å²) in [6.45, 7) is 4.78. The molecule has 3 rings (SSSR count). The number of rotatable bonds is 5. The molecule has 1 aromatic heterocycles. The van der Waals surface area contributed by atoms with Crippen molar-refractivity contribution in [2.75, 3.05) is 37.7 Å². The molecule has 0 unspecified atom stereocenters. The maximum atomic E-state index is 5.91. The molecule has 7 heteroatoms. The number of ether oxygens (including phenoxy) is 1. The van der Waals surface area contributed by atoms with Crippen LogP contribution in [0.15, 0.2) is 23.2 Å². The Bertz CT molecular complexity index is 515. The zero-order valence-electron chi connectivity index (χ0n) is 13.4. The second-order valence-corrected chi connectivity index (χ2v) is 5.97. The van der Waals surface area contributed by atoms with Crippen LogP contribution in [0.1, 0.15) is 25.0 Å². The third-order valence-corrected chi connectivity index (χ3v) is 4.34. The molecule has 1 aliphatic carbocycles. The van der Waals surface area contributed by atoms with E-state index in [0.717, 1.165) is 50.3 Å². The number of halogens is 1. The highest BCUT2D eigenvalue weighted by molar-refractivity contribution is 14.0. The first-order valence-electron chi connectivity index (χ1n) is 8.14. The molecule has 0 amide bonds. The van der Waals surface area contributed by atoms with Gasteiger partial charge in [0.25, 0.3) is 0 Å². The van der Waals surface area contributed by atoms with Gasteiger partial charge in [0, 0.05) is 19.6 Å². The number of morpholine rings is 1. The lowest BCUT2D eigenvalue weighted by atomic mass is 9.85. The number of pyridine rings is 1. The van der Waals surface area contributed by atoms with Crippen LogP contribution in [-0.2, 0) is 11.3 Å². The van der Waals surface area contributed by atoms with E-state index in [4.69, 9.17) is 10.5 Å². The number of hydrogen-bond donors (Lipinski definition) is 2. The summed E-state index contributed by atoms with van der Waals surface area (Å²) in [5, 5.41) is 3.21. The summed E-state index contributed by atoms with van der Waals surface area (Å²) >= 11 is 0. The monoisotopic (exact) mass is 431 g/mol. The number of anilines is 1. The smallest absolute Gasteiger partial charge is 0.188 e. The highest BCUT2D eigenvalue weighted by Gasteiger charge is 2.16. The first-order valence-corrected chi connectivity index (χ1v) is 8.14. The first kappa shape index (κ1) is 18.3. The maximum absolute atomic E-state index is 5.91. The summed E-state index contributed by atoms with van der Waals surface area (Å²) in [5.74, 6) is 2.29. The average molecular weight is 431 g/mol. The van der Waals surface area contributed by atoms with Crippen LogP contribution in [-0.4, -0.2) is 43.8 Å². The van der Waals surface area contributed by atoms with E-state index in [1.54, 1.807) is 0 Å². The van der Waals surface area contributed by atoms with Crippen molar-refractivity contribution in [3.05, 3.63) is 23.9 Å².